The summed E-state index contributed by atoms with van der Waals surface area (Å²) in [6.07, 6.45) is 0. The molecule has 14 heavy (non-hydrogen) atoms. The first-order valence-corrected chi connectivity index (χ1v) is 5.11. The lowest BCUT2D eigenvalue weighted by atomic mass is 10.2. The zero-order valence-corrected chi connectivity index (χ0v) is 9.12. The van der Waals surface area contributed by atoms with E-state index in [1.54, 1.807) is 0 Å². The van der Waals surface area contributed by atoms with Crippen molar-refractivity contribution in [3.63, 3.8) is 0 Å². The van der Waals surface area contributed by atoms with Crippen molar-refractivity contribution >= 4 is 23.5 Å². The molecular formula is C11H12N2S. The minimum absolute atomic E-state index is 0.0818. The van der Waals surface area contributed by atoms with E-state index in [9.17, 15) is 0 Å². The van der Waals surface area contributed by atoms with E-state index >= 15 is 0 Å². The van der Waals surface area contributed by atoms with Crippen LogP contribution in [-0.4, -0.2) is 9.97 Å². The third kappa shape index (κ3) is 1.60. The van der Waals surface area contributed by atoms with Gasteiger partial charge in [0.25, 0.3) is 0 Å². The van der Waals surface area contributed by atoms with Crippen molar-refractivity contribution in [3.05, 3.63) is 35.8 Å². The van der Waals surface area contributed by atoms with Crippen molar-refractivity contribution in [3.8, 4) is 0 Å². The minimum Gasteiger partial charge on any atom is -0.236 e. The van der Waals surface area contributed by atoms with Crippen molar-refractivity contribution in [2.75, 3.05) is 0 Å². The molecule has 0 amide bonds. The van der Waals surface area contributed by atoms with Crippen molar-refractivity contribution < 1.29 is 0 Å². The third-order valence-electron chi connectivity index (χ3n) is 2.18. The highest BCUT2D eigenvalue weighted by Gasteiger charge is 2.06. The molecule has 1 heterocycles. The second kappa shape index (κ2) is 3.58. The number of fused-ring (bicyclic) bond motifs is 1. The number of benzene rings is 1. The molecule has 0 saturated carbocycles. The van der Waals surface area contributed by atoms with Crippen LogP contribution in [0.3, 0.4) is 0 Å². The van der Waals surface area contributed by atoms with Gasteiger partial charge < -0.3 is 0 Å². The van der Waals surface area contributed by atoms with Gasteiger partial charge in [-0.25, -0.2) is 9.97 Å². The molecule has 2 nitrogen and oxygen atoms in total. The van der Waals surface area contributed by atoms with E-state index in [1.165, 1.54) is 0 Å². The summed E-state index contributed by atoms with van der Waals surface area (Å²) >= 11 is 4.34. The Labute approximate surface area is 88.8 Å². The van der Waals surface area contributed by atoms with E-state index < -0.39 is 0 Å². The number of nitrogens with zero attached hydrogens (tertiary/aromatic N) is 2. The van der Waals surface area contributed by atoms with Crippen molar-refractivity contribution in [2.45, 2.75) is 19.1 Å². The van der Waals surface area contributed by atoms with Gasteiger partial charge in [-0.1, -0.05) is 18.2 Å². The zero-order chi connectivity index (χ0) is 10.1. The monoisotopic (exact) mass is 204 g/mol. The molecule has 0 aliphatic rings. The lowest BCUT2D eigenvalue weighted by Crippen LogP contribution is -1.98. The Hall–Kier alpha value is -1.09. The van der Waals surface area contributed by atoms with Gasteiger partial charge >= 0.3 is 0 Å². The Kier molecular flexibility index (Phi) is 2.42. The largest absolute Gasteiger partial charge is 0.236 e. The molecular weight excluding hydrogens is 192 g/mol. The van der Waals surface area contributed by atoms with Gasteiger partial charge in [0.15, 0.2) is 0 Å². The average Bonchev–Trinajstić information content (AvgIpc) is 2.17. The molecule has 1 aromatic carbocycles. The van der Waals surface area contributed by atoms with Gasteiger partial charge in [-0.2, -0.15) is 12.6 Å². The number of hydrogen-bond acceptors (Lipinski definition) is 3. The van der Waals surface area contributed by atoms with E-state index in [1.807, 2.05) is 38.1 Å². The van der Waals surface area contributed by atoms with Crippen LogP contribution >= 0.6 is 12.6 Å². The summed E-state index contributed by atoms with van der Waals surface area (Å²) in [6.45, 7) is 3.98. The molecule has 0 aliphatic heterocycles. The van der Waals surface area contributed by atoms with E-state index in [0.29, 0.717) is 0 Å². The van der Waals surface area contributed by atoms with Gasteiger partial charge in [0.1, 0.15) is 5.82 Å². The molecule has 0 spiro atoms. The van der Waals surface area contributed by atoms with Crippen LogP contribution in [-0.2, 0) is 0 Å². The highest BCUT2D eigenvalue weighted by atomic mass is 32.1. The Morgan fingerprint density at radius 2 is 1.93 bits per heavy atom. The van der Waals surface area contributed by atoms with Gasteiger partial charge in [-0.3, -0.25) is 0 Å². The van der Waals surface area contributed by atoms with Crippen LogP contribution in [0.1, 0.15) is 23.7 Å². The van der Waals surface area contributed by atoms with Crippen LogP contribution in [0, 0.1) is 6.92 Å². The molecule has 2 rings (SSSR count). The first kappa shape index (κ1) is 9.46. The molecule has 0 bridgehead atoms. The van der Waals surface area contributed by atoms with Gasteiger partial charge in [0.2, 0.25) is 0 Å². The zero-order valence-electron chi connectivity index (χ0n) is 8.23. The number of para-hydroxylation sites is 1. The van der Waals surface area contributed by atoms with Crippen LogP contribution in [0.2, 0.25) is 0 Å². The molecule has 1 atom stereocenters. The molecule has 1 unspecified atom stereocenters. The first-order valence-electron chi connectivity index (χ1n) is 4.60. The van der Waals surface area contributed by atoms with Crippen LogP contribution in [0.4, 0.5) is 0 Å². The number of aromatic nitrogens is 2. The maximum absolute atomic E-state index is 4.45. The number of hydrogen-bond donors (Lipinski definition) is 1. The van der Waals surface area contributed by atoms with Crippen LogP contribution in [0.25, 0.3) is 10.9 Å². The molecule has 0 radical (unpaired) electrons. The fourth-order valence-corrected chi connectivity index (χ4v) is 1.56. The predicted octanol–water partition coefficient (Wildman–Crippen LogP) is 2.93. The second-order valence-corrected chi connectivity index (χ2v) is 4.13. The Balaban J connectivity index is 2.72. The summed E-state index contributed by atoms with van der Waals surface area (Å²) in [7, 11) is 0. The van der Waals surface area contributed by atoms with Crippen molar-refractivity contribution in [1.29, 1.82) is 0 Å². The number of aryl methyl sites for hydroxylation is 1. The summed E-state index contributed by atoms with van der Waals surface area (Å²) in [5, 5.41) is 1.20. The maximum Gasteiger partial charge on any atom is 0.141 e. The van der Waals surface area contributed by atoms with Gasteiger partial charge in [-0.05, 0) is 19.9 Å². The van der Waals surface area contributed by atoms with E-state index in [-0.39, 0.29) is 5.25 Å². The summed E-state index contributed by atoms with van der Waals surface area (Å²) in [5.74, 6) is 0.796. The Morgan fingerprint density at radius 3 is 2.64 bits per heavy atom. The Bertz CT molecular complexity index is 466. The highest BCUT2D eigenvalue weighted by molar-refractivity contribution is 7.80. The van der Waals surface area contributed by atoms with Gasteiger partial charge in [0, 0.05) is 11.1 Å². The molecule has 0 N–H and O–H groups in total. The molecule has 0 fully saturated rings. The molecule has 0 saturated heterocycles. The van der Waals surface area contributed by atoms with Gasteiger partial charge in [0.05, 0.1) is 10.8 Å². The number of rotatable bonds is 1. The fourth-order valence-electron chi connectivity index (χ4n) is 1.44. The molecule has 3 heteroatoms. The summed E-state index contributed by atoms with van der Waals surface area (Å²) < 4.78 is 0. The van der Waals surface area contributed by atoms with Crippen LogP contribution < -0.4 is 0 Å². The SMILES string of the molecule is Cc1nc(C(C)S)nc2ccccc12. The minimum atomic E-state index is 0.0818. The smallest absolute Gasteiger partial charge is 0.141 e. The highest BCUT2D eigenvalue weighted by Crippen LogP contribution is 2.20. The average molecular weight is 204 g/mol. The maximum atomic E-state index is 4.45. The van der Waals surface area contributed by atoms with Gasteiger partial charge in [-0.15, -0.1) is 0 Å². The Morgan fingerprint density at radius 1 is 1.21 bits per heavy atom. The van der Waals surface area contributed by atoms with E-state index in [0.717, 1.165) is 22.4 Å². The molecule has 2 aromatic rings. The quantitative estimate of drug-likeness (QED) is 0.723. The topological polar surface area (TPSA) is 25.8 Å². The normalized spacial score (nSPS) is 13.1. The standard InChI is InChI=1S/C11H12N2S/c1-7-9-5-3-4-6-10(9)13-11(12-7)8(2)14/h3-6,8,14H,1-2H3. The second-order valence-electron chi connectivity index (χ2n) is 3.36. The summed E-state index contributed by atoms with van der Waals surface area (Å²) in [4.78, 5) is 8.86. The lowest BCUT2D eigenvalue weighted by Gasteiger charge is -2.06. The number of thiol groups is 1. The lowest BCUT2D eigenvalue weighted by molar-refractivity contribution is 0.927. The summed E-state index contributed by atoms with van der Waals surface area (Å²) in [6, 6.07) is 8.03. The van der Waals surface area contributed by atoms with Crippen molar-refractivity contribution in [1.82, 2.24) is 9.97 Å². The first-order chi connectivity index (χ1) is 6.68. The van der Waals surface area contributed by atoms with E-state index in [4.69, 9.17) is 0 Å². The molecule has 72 valence electrons. The molecule has 1 aromatic heterocycles. The van der Waals surface area contributed by atoms with Crippen LogP contribution in [0.5, 0.6) is 0 Å². The predicted molar refractivity (Wildman–Crippen MR) is 61.7 cm³/mol. The third-order valence-corrected chi connectivity index (χ3v) is 2.42. The fraction of sp³-hybridized carbons (Fsp3) is 0.273. The molecule has 0 aliphatic carbocycles. The summed E-state index contributed by atoms with van der Waals surface area (Å²) in [5.41, 5.74) is 2.02. The van der Waals surface area contributed by atoms with Crippen molar-refractivity contribution in [2.24, 2.45) is 0 Å². The van der Waals surface area contributed by atoms with E-state index in [2.05, 4.69) is 22.6 Å². The van der Waals surface area contributed by atoms with Crippen LogP contribution in [0.15, 0.2) is 24.3 Å².